The van der Waals surface area contributed by atoms with Crippen LogP contribution in [0.2, 0.25) is 0 Å². The lowest BCUT2D eigenvalue weighted by molar-refractivity contribution is -0.274. The Bertz CT molecular complexity index is 1200. The van der Waals surface area contributed by atoms with Crippen LogP contribution in [-0.2, 0) is 13.0 Å². The minimum absolute atomic E-state index is 0.296. The van der Waals surface area contributed by atoms with Crippen LogP contribution in [0.15, 0.2) is 77.5 Å². The normalized spacial score (nSPS) is 11.6. The third-order valence-corrected chi connectivity index (χ3v) is 5.38. The molecular formula is C24H19BrF3N3O. The molecule has 4 nitrogen and oxygen atoms in total. The van der Waals surface area contributed by atoms with Crippen LogP contribution in [0.4, 0.5) is 13.2 Å². The van der Waals surface area contributed by atoms with Crippen LogP contribution in [0.3, 0.4) is 0 Å². The fourth-order valence-corrected chi connectivity index (χ4v) is 3.65. The van der Waals surface area contributed by atoms with Gasteiger partial charge >= 0.3 is 6.36 Å². The second-order valence-corrected chi connectivity index (χ2v) is 8.11. The molecule has 0 aliphatic carbocycles. The zero-order chi connectivity index (χ0) is 22.6. The molecule has 0 saturated heterocycles. The largest absolute Gasteiger partial charge is 0.573 e. The summed E-state index contributed by atoms with van der Waals surface area (Å²) in [6.45, 7) is 1.33. The van der Waals surface area contributed by atoms with Crippen molar-refractivity contribution >= 4 is 26.8 Å². The second-order valence-electron chi connectivity index (χ2n) is 7.19. The van der Waals surface area contributed by atoms with Gasteiger partial charge in [-0.2, -0.15) is 0 Å². The molecule has 0 saturated carbocycles. The lowest BCUT2D eigenvalue weighted by atomic mass is 10.0. The maximum atomic E-state index is 12.6. The standard InChI is InChI=1S/C24H19BrF3N3O/c25-20-6-3-16(4-7-20)9-11-30-15-19-12-17-5-8-21(32-24(26,27)28)13-22(17)31-23(19)18-2-1-10-29-14-18/h1-8,10,12-14,30H,9,11,15H2. The van der Waals surface area contributed by atoms with Gasteiger partial charge in [0.15, 0.2) is 0 Å². The Morgan fingerprint density at radius 3 is 2.53 bits per heavy atom. The Hall–Kier alpha value is -2.97. The first-order valence-electron chi connectivity index (χ1n) is 9.92. The van der Waals surface area contributed by atoms with Crippen molar-refractivity contribution in [3.8, 4) is 17.0 Å². The molecule has 4 rings (SSSR count). The molecule has 0 aliphatic rings. The molecular weight excluding hydrogens is 483 g/mol. The van der Waals surface area contributed by atoms with Crippen LogP contribution < -0.4 is 10.1 Å². The maximum Gasteiger partial charge on any atom is 0.573 e. The molecule has 0 bridgehead atoms. The van der Waals surface area contributed by atoms with E-state index in [1.165, 1.54) is 17.7 Å². The summed E-state index contributed by atoms with van der Waals surface area (Å²) in [5.74, 6) is -0.296. The molecule has 2 aromatic carbocycles. The highest BCUT2D eigenvalue weighted by atomic mass is 79.9. The van der Waals surface area contributed by atoms with Crippen LogP contribution in [-0.4, -0.2) is 22.9 Å². The predicted octanol–water partition coefficient (Wildman–Crippen LogP) is 6.29. The highest BCUT2D eigenvalue weighted by Crippen LogP contribution is 2.29. The molecule has 164 valence electrons. The second kappa shape index (κ2) is 9.67. The van der Waals surface area contributed by atoms with Crippen LogP contribution in [0.25, 0.3) is 22.2 Å². The molecule has 8 heteroatoms. The molecule has 4 aromatic rings. The molecule has 0 atom stereocenters. The number of halogens is 4. The first-order chi connectivity index (χ1) is 15.4. The summed E-state index contributed by atoms with van der Waals surface area (Å²) >= 11 is 3.44. The van der Waals surface area contributed by atoms with E-state index in [0.29, 0.717) is 17.8 Å². The summed E-state index contributed by atoms with van der Waals surface area (Å²) in [7, 11) is 0. The average molecular weight is 502 g/mol. The lowest BCUT2D eigenvalue weighted by Gasteiger charge is -2.13. The van der Waals surface area contributed by atoms with Gasteiger partial charge in [0.2, 0.25) is 0 Å². The molecule has 2 aromatic heterocycles. The van der Waals surface area contributed by atoms with E-state index in [1.54, 1.807) is 24.5 Å². The molecule has 0 fully saturated rings. The molecule has 0 aliphatic heterocycles. The summed E-state index contributed by atoms with van der Waals surface area (Å²) in [6.07, 6.45) is -0.529. The van der Waals surface area contributed by atoms with Crippen molar-refractivity contribution in [2.45, 2.75) is 19.3 Å². The van der Waals surface area contributed by atoms with Crippen molar-refractivity contribution in [2.75, 3.05) is 6.54 Å². The quantitative estimate of drug-likeness (QED) is 0.302. The van der Waals surface area contributed by atoms with E-state index >= 15 is 0 Å². The lowest BCUT2D eigenvalue weighted by Crippen LogP contribution is -2.18. The third-order valence-electron chi connectivity index (χ3n) is 4.86. The number of pyridine rings is 2. The summed E-state index contributed by atoms with van der Waals surface area (Å²) in [5.41, 5.74) is 4.05. The Labute approximate surface area is 191 Å². The number of ether oxygens (including phenoxy) is 1. The third kappa shape index (κ3) is 5.83. The zero-order valence-corrected chi connectivity index (χ0v) is 18.5. The van der Waals surface area contributed by atoms with Gasteiger partial charge in [0.1, 0.15) is 5.75 Å². The van der Waals surface area contributed by atoms with E-state index in [2.05, 4.69) is 48.1 Å². The number of benzene rings is 2. The van der Waals surface area contributed by atoms with E-state index in [9.17, 15) is 13.2 Å². The van der Waals surface area contributed by atoms with Crippen LogP contribution in [0.5, 0.6) is 5.75 Å². The van der Waals surface area contributed by atoms with Gasteiger partial charge in [0.05, 0.1) is 11.2 Å². The fourth-order valence-electron chi connectivity index (χ4n) is 3.38. The number of hydrogen-bond acceptors (Lipinski definition) is 4. The van der Waals surface area contributed by atoms with Gasteiger partial charge in [0, 0.05) is 40.4 Å². The molecule has 32 heavy (non-hydrogen) atoms. The van der Waals surface area contributed by atoms with Crippen molar-refractivity contribution in [3.63, 3.8) is 0 Å². The minimum atomic E-state index is -4.75. The minimum Gasteiger partial charge on any atom is -0.406 e. The van der Waals surface area contributed by atoms with Gasteiger partial charge in [-0.15, -0.1) is 13.2 Å². The van der Waals surface area contributed by atoms with Crippen molar-refractivity contribution in [1.29, 1.82) is 0 Å². The number of aromatic nitrogens is 2. The van der Waals surface area contributed by atoms with Gasteiger partial charge in [-0.1, -0.05) is 28.1 Å². The number of hydrogen-bond donors (Lipinski definition) is 1. The molecule has 0 spiro atoms. The molecule has 0 unspecified atom stereocenters. The molecule has 0 amide bonds. The van der Waals surface area contributed by atoms with Gasteiger partial charge < -0.3 is 10.1 Å². The highest BCUT2D eigenvalue weighted by molar-refractivity contribution is 9.10. The van der Waals surface area contributed by atoms with E-state index in [-0.39, 0.29) is 5.75 Å². The Balaban J connectivity index is 1.58. The maximum absolute atomic E-state index is 12.6. The SMILES string of the molecule is FC(F)(F)Oc1ccc2cc(CNCCc3ccc(Br)cc3)c(-c3cccnc3)nc2c1. The first kappa shape index (κ1) is 22.2. The van der Waals surface area contributed by atoms with Crippen LogP contribution in [0, 0.1) is 0 Å². The fraction of sp³-hybridized carbons (Fsp3) is 0.167. The number of fused-ring (bicyclic) bond motifs is 1. The van der Waals surface area contributed by atoms with Gasteiger partial charge in [0.25, 0.3) is 0 Å². The predicted molar refractivity (Wildman–Crippen MR) is 121 cm³/mol. The first-order valence-corrected chi connectivity index (χ1v) is 10.7. The van der Waals surface area contributed by atoms with Crippen molar-refractivity contribution in [2.24, 2.45) is 0 Å². The number of rotatable bonds is 7. The number of nitrogens with zero attached hydrogens (tertiary/aromatic N) is 2. The topological polar surface area (TPSA) is 47.0 Å². The van der Waals surface area contributed by atoms with Crippen LogP contribution in [0.1, 0.15) is 11.1 Å². The average Bonchev–Trinajstić information content (AvgIpc) is 2.77. The van der Waals surface area contributed by atoms with E-state index in [4.69, 9.17) is 0 Å². The van der Waals surface area contributed by atoms with Gasteiger partial charge in [-0.3, -0.25) is 4.98 Å². The Morgan fingerprint density at radius 2 is 1.81 bits per heavy atom. The smallest absolute Gasteiger partial charge is 0.406 e. The van der Waals surface area contributed by atoms with Crippen molar-refractivity contribution in [3.05, 3.63) is 88.7 Å². The molecule has 2 heterocycles. The summed E-state index contributed by atoms with van der Waals surface area (Å²) in [6, 6.07) is 18.0. The van der Waals surface area contributed by atoms with Gasteiger partial charge in [-0.05, 0) is 66.6 Å². The summed E-state index contributed by atoms with van der Waals surface area (Å²) in [5, 5.41) is 4.17. The monoisotopic (exact) mass is 501 g/mol. The highest BCUT2D eigenvalue weighted by Gasteiger charge is 2.31. The summed E-state index contributed by atoms with van der Waals surface area (Å²) in [4.78, 5) is 8.80. The zero-order valence-electron chi connectivity index (χ0n) is 16.9. The number of alkyl halides is 3. The van der Waals surface area contributed by atoms with E-state index < -0.39 is 6.36 Å². The Morgan fingerprint density at radius 1 is 1.00 bits per heavy atom. The van der Waals surface area contributed by atoms with E-state index in [1.807, 2.05) is 24.3 Å². The summed E-state index contributed by atoms with van der Waals surface area (Å²) < 4.78 is 42.9. The van der Waals surface area contributed by atoms with Crippen molar-refractivity contribution in [1.82, 2.24) is 15.3 Å². The molecule has 1 N–H and O–H groups in total. The van der Waals surface area contributed by atoms with Gasteiger partial charge in [-0.25, -0.2) is 4.98 Å². The van der Waals surface area contributed by atoms with E-state index in [0.717, 1.165) is 34.0 Å². The van der Waals surface area contributed by atoms with Crippen LogP contribution >= 0.6 is 15.9 Å². The molecule has 0 radical (unpaired) electrons. The number of nitrogens with one attached hydrogen (secondary N) is 1. The Kier molecular flexibility index (Phi) is 6.72. The van der Waals surface area contributed by atoms with Crippen molar-refractivity contribution < 1.29 is 17.9 Å².